The second kappa shape index (κ2) is 5.73. The minimum atomic E-state index is -0.537. The summed E-state index contributed by atoms with van der Waals surface area (Å²) in [7, 11) is 1.82. The van der Waals surface area contributed by atoms with Gasteiger partial charge in [-0.05, 0) is 18.1 Å². The fourth-order valence-electron chi connectivity index (χ4n) is 3.31. The van der Waals surface area contributed by atoms with Crippen molar-refractivity contribution >= 4 is 34.4 Å². The van der Waals surface area contributed by atoms with Gasteiger partial charge in [0.15, 0.2) is 5.65 Å². The van der Waals surface area contributed by atoms with Gasteiger partial charge in [-0.25, -0.2) is 4.68 Å². The fourth-order valence-corrected chi connectivity index (χ4v) is 3.31. The van der Waals surface area contributed by atoms with E-state index in [2.05, 4.69) is 25.9 Å². The average Bonchev–Trinajstić information content (AvgIpc) is 3.15. The quantitative estimate of drug-likeness (QED) is 0.678. The van der Waals surface area contributed by atoms with Crippen LogP contribution in [0.25, 0.3) is 11.0 Å². The molecule has 0 spiro atoms. The zero-order chi connectivity index (χ0) is 17.6. The lowest BCUT2D eigenvalue weighted by Gasteiger charge is -2.24. The maximum absolute atomic E-state index is 12.9. The third-order valence-electron chi connectivity index (χ3n) is 4.51. The number of aromatic amines is 1. The third kappa shape index (κ3) is 2.46. The molecule has 2 amide bonds. The SMILES string of the molecule is CCc1nn(C)c2n[nH]c(NC(=O)C3CC(=O)Nc4ccccc43)c12. The Labute approximate surface area is 143 Å². The normalized spacial score (nSPS) is 16.6. The van der Waals surface area contributed by atoms with Crippen molar-refractivity contribution in [3.8, 4) is 0 Å². The van der Waals surface area contributed by atoms with E-state index in [0.29, 0.717) is 17.2 Å². The number of amides is 2. The Bertz CT molecular complexity index is 986. The predicted molar refractivity (Wildman–Crippen MR) is 93.3 cm³/mol. The summed E-state index contributed by atoms with van der Waals surface area (Å²) in [6, 6.07) is 7.36. The van der Waals surface area contributed by atoms with Gasteiger partial charge in [-0.1, -0.05) is 25.1 Å². The van der Waals surface area contributed by atoms with Crippen molar-refractivity contribution in [3.63, 3.8) is 0 Å². The molecule has 0 aliphatic carbocycles. The van der Waals surface area contributed by atoms with E-state index in [1.807, 2.05) is 32.2 Å². The molecular weight excluding hydrogens is 320 g/mol. The number of aryl methyl sites for hydroxylation is 2. The van der Waals surface area contributed by atoms with E-state index in [9.17, 15) is 9.59 Å². The summed E-state index contributed by atoms with van der Waals surface area (Å²) >= 11 is 0. The molecule has 8 nitrogen and oxygen atoms in total. The van der Waals surface area contributed by atoms with Gasteiger partial charge in [0.25, 0.3) is 0 Å². The van der Waals surface area contributed by atoms with Crippen LogP contribution < -0.4 is 10.6 Å². The van der Waals surface area contributed by atoms with Crippen LogP contribution >= 0.6 is 0 Å². The summed E-state index contributed by atoms with van der Waals surface area (Å²) in [6.45, 7) is 2.00. The monoisotopic (exact) mass is 338 g/mol. The van der Waals surface area contributed by atoms with Gasteiger partial charge >= 0.3 is 0 Å². The highest BCUT2D eigenvalue weighted by atomic mass is 16.2. The minimum absolute atomic E-state index is 0.119. The number of benzene rings is 1. The molecule has 3 aromatic rings. The number of nitrogens with one attached hydrogen (secondary N) is 3. The molecule has 1 atom stereocenters. The number of aromatic nitrogens is 4. The lowest BCUT2D eigenvalue weighted by atomic mass is 9.90. The van der Waals surface area contributed by atoms with Gasteiger partial charge in [0.05, 0.1) is 17.0 Å². The van der Waals surface area contributed by atoms with Crippen molar-refractivity contribution in [2.75, 3.05) is 10.6 Å². The Hall–Kier alpha value is -3.16. The Morgan fingerprint density at radius 2 is 2.20 bits per heavy atom. The van der Waals surface area contributed by atoms with Gasteiger partial charge < -0.3 is 10.6 Å². The number of hydrogen-bond donors (Lipinski definition) is 3. The summed E-state index contributed by atoms with van der Waals surface area (Å²) in [4.78, 5) is 24.8. The summed E-state index contributed by atoms with van der Waals surface area (Å²) in [5.74, 6) is -0.415. The Kier molecular flexibility index (Phi) is 3.52. The highest BCUT2D eigenvalue weighted by molar-refractivity contribution is 6.07. The molecule has 4 rings (SSSR count). The zero-order valence-electron chi connectivity index (χ0n) is 14.0. The molecule has 3 N–H and O–H groups in total. The van der Waals surface area contributed by atoms with Gasteiger partial charge in [-0.3, -0.25) is 14.7 Å². The van der Waals surface area contributed by atoms with Crippen molar-refractivity contribution in [1.82, 2.24) is 20.0 Å². The highest BCUT2D eigenvalue weighted by Gasteiger charge is 2.31. The summed E-state index contributed by atoms with van der Waals surface area (Å²) in [6.07, 6.45) is 0.849. The Balaban J connectivity index is 1.68. The van der Waals surface area contributed by atoms with Crippen LogP contribution in [0, 0.1) is 0 Å². The number of anilines is 2. The van der Waals surface area contributed by atoms with Crippen molar-refractivity contribution < 1.29 is 9.59 Å². The first-order valence-corrected chi connectivity index (χ1v) is 8.18. The van der Waals surface area contributed by atoms with Crippen LogP contribution in [0.1, 0.15) is 30.5 Å². The van der Waals surface area contributed by atoms with Crippen LogP contribution in [0.3, 0.4) is 0 Å². The fraction of sp³-hybridized carbons (Fsp3) is 0.294. The molecule has 0 saturated carbocycles. The molecule has 1 aliphatic heterocycles. The molecule has 0 saturated heterocycles. The first-order chi connectivity index (χ1) is 12.1. The molecule has 128 valence electrons. The van der Waals surface area contributed by atoms with E-state index in [0.717, 1.165) is 23.1 Å². The lowest BCUT2D eigenvalue weighted by molar-refractivity contribution is -0.123. The molecule has 3 heterocycles. The predicted octanol–water partition coefficient (Wildman–Crippen LogP) is 1.92. The third-order valence-corrected chi connectivity index (χ3v) is 4.51. The first-order valence-electron chi connectivity index (χ1n) is 8.18. The van der Waals surface area contributed by atoms with Gasteiger partial charge in [-0.15, -0.1) is 0 Å². The summed E-state index contributed by atoms with van der Waals surface area (Å²) in [5.41, 5.74) is 3.05. The molecule has 8 heteroatoms. The van der Waals surface area contributed by atoms with Crippen molar-refractivity contribution in [2.24, 2.45) is 7.05 Å². The summed E-state index contributed by atoms with van der Waals surface area (Å²) < 4.78 is 1.68. The number of fused-ring (bicyclic) bond motifs is 2. The van der Waals surface area contributed by atoms with Gasteiger partial charge in [0.1, 0.15) is 5.82 Å². The highest BCUT2D eigenvalue weighted by Crippen LogP contribution is 2.33. The number of carbonyl (C=O) groups excluding carboxylic acids is 2. The molecule has 2 aromatic heterocycles. The van der Waals surface area contributed by atoms with E-state index < -0.39 is 5.92 Å². The van der Waals surface area contributed by atoms with E-state index in [-0.39, 0.29) is 18.2 Å². The number of para-hydroxylation sites is 1. The number of hydrogen-bond acceptors (Lipinski definition) is 4. The molecule has 1 aliphatic rings. The molecule has 1 unspecified atom stereocenters. The van der Waals surface area contributed by atoms with E-state index in [4.69, 9.17) is 0 Å². The van der Waals surface area contributed by atoms with Crippen LogP contribution in [0.5, 0.6) is 0 Å². The number of nitrogens with zero attached hydrogens (tertiary/aromatic N) is 3. The van der Waals surface area contributed by atoms with Gasteiger partial charge in [-0.2, -0.15) is 10.2 Å². The minimum Gasteiger partial charge on any atom is -0.326 e. The van der Waals surface area contributed by atoms with Crippen molar-refractivity contribution in [2.45, 2.75) is 25.7 Å². The van der Waals surface area contributed by atoms with Crippen LogP contribution in [0.4, 0.5) is 11.5 Å². The van der Waals surface area contributed by atoms with Gasteiger partial charge in [0, 0.05) is 19.2 Å². The average molecular weight is 338 g/mol. The lowest BCUT2D eigenvalue weighted by Crippen LogP contribution is -2.30. The number of carbonyl (C=O) groups is 2. The Morgan fingerprint density at radius 1 is 1.40 bits per heavy atom. The molecule has 0 fully saturated rings. The molecular formula is C17H18N6O2. The molecule has 0 bridgehead atoms. The number of H-pyrrole nitrogens is 1. The smallest absolute Gasteiger partial charge is 0.233 e. The topological polar surface area (TPSA) is 105 Å². The maximum Gasteiger partial charge on any atom is 0.233 e. The van der Waals surface area contributed by atoms with E-state index in [1.54, 1.807) is 10.7 Å². The number of rotatable bonds is 3. The van der Waals surface area contributed by atoms with Crippen LogP contribution in [-0.2, 0) is 23.1 Å². The van der Waals surface area contributed by atoms with E-state index in [1.165, 1.54) is 0 Å². The van der Waals surface area contributed by atoms with Crippen molar-refractivity contribution in [1.29, 1.82) is 0 Å². The molecule has 0 radical (unpaired) electrons. The molecule has 1 aromatic carbocycles. The maximum atomic E-state index is 12.9. The van der Waals surface area contributed by atoms with Crippen LogP contribution in [0.2, 0.25) is 0 Å². The largest absolute Gasteiger partial charge is 0.326 e. The van der Waals surface area contributed by atoms with E-state index >= 15 is 0 Å². The van der Waals surface area contributed by atoms with Gasteiger partial charge in [0.2, 0.25) is 11.8 Å². The Morgan fingerprint density at radius 3 is 3.00 bits per heavy atom. The van der Waals surface area contributed by atoms with Crippen LogP contribution in [-0.4, -0.2) is 31.8 Å². The summed E-state index contributed by atoms with van der Waals surface area (Å²) in [5, 5.41) is 18.0. The first kappa shape index (κ1) is 15.4. The standard InChI is InChI=1S/C17H18N6O2/c1-3-11-14-15(20-21-16(14)23(2)22-11)19-17(25)10-8-13(24)18-12-7-5-4-6-9(10)12/h4-7,10H,3,8H2,1-2H3,(H,18,24)(H2,19,20,21,25). The van der Waals surface area contributed by atoms with Crippen LogP contribution in [0.15, 0.2) is 24.3 Å². The van der Waals surface area contributed by atoms with Crippen molar-refractivity contribution in [3.05, 3.63) is 35.5 Å². The second-order valence-corrected chi connectivity index (χ2v) is 6.10. The second-order valence-electron chi connectivity index (χ2n) is 6.10. The molecule has 25 heavy (non-hydrogen) atoms. The zero-order valence-corrected chi connectivity index (χ0v) is 14.0.